The van der Waals surface area contributed by atoms with Crippen LogP contribution < -0.4 is 4.74 Å². The van der Waals surface area contributed by atoms with Gasteiger partial charge in [0.2, 0.25) is 0 Å². The fourth-order valence-corrected chi connectivity index (χ4v) is 4.69. The van der Waals surface area contributed by atoms with Crippen LogP contribution in [-0.4, -0.2) is 37.7 Å². The summed E-state index contributed by atoms with van der Waals surface area (Å²) in [4.78, 5) is 2.44. The van der Waals surface area contributed by atoms with Gasteiger partial charge in [0, 0.05) is 24.8 Å². The molecule has 1 aliphatic rings. The second-order valence-corrected chi connectivity index (χ2v) is 9.25. The van der Waals surface area contributed by atoms with Crippen LogP contribution in [0.5, 0.6) is 5.75 Å². The first kappa shape index (κ1) is 27.0. The second kappa shape index (κ2) is 14.7. The Morgan fingerprint density at radius 1 is 0.857 bits per heavy atom. The lowest BCUT2D eigenvalue weighted by Crippen LogP contribution is -2.25. The number of halogens is 1. The van der Waals surface area contributed by atoms with Crippen molar-refractivity contribution in [1.29, 1.82) is 0 Å². The predicted molar refractivity (Wildman–Crippen MR) is 143 cm³/mol. The third kappa shape index (κ3) is 8.54. The molecule has 0 spiro atoms. The molecule has 2 unspecified atom stereocenters. The van der Waals surface area contributed by atoms with Crippen LogP contribution in [0.1, 0.15) is 63.5 Å². The summed E-state index contributed by atoms with van der Waals surface area (Å²) in [6.07, 6.45) is 11.9. The number of hydrogen-bond acceptors (Lipinski definition) is 3. The van der Waals surface area contributed by atoms with E-state index in [1.165, 1.54) is 30.5 Å². The van der Waals surface area contributed by atoms with Crippen molar-refractivity contribution in [3.63, 3.8) is 0 Å². The average Bonchev–Trinajstić information content (AvgIpc) is 2.89. The van der Waals surface area contributed by atoms with Crippen molar-refractivity contribution >= 4 is 0 Å². The van der Waals surface area contributed by atoms with Gasteiger partial charge in [-0.25, -0.2) is 4.39 Å². The molecule has 0 N–H and O–H groups in total. The highest BCUT2D eigenvalue weighted by molar-refractivity contribution is 5.36. The Hall–Kier alpha value is -2.59. The van der Waals surface area contributed by atoms with Gasteiger partial charge in [-0.05, 0) is 67.4 Å². The summed E-state index contributed by atoms with van der Waals surface area (Å²) in [5.41, 5.74) is 2.37. The molecule has 0 aromatic heterocycles. The van der Waals surface area contributed by atoms with E-state index in [0.717, 1.165) is 62.6 Å². The van der Waals surface area contributed by atoms with Gasteiger partial charge in [-0.2, -0.15) is 0 Å². The van der Waals surface area contributed by atoms with Crippen LogP contribution in [0, 0.1) is 11.7 Å². The Labute approximate surface area is 211 Å². The van der Waals surface area contributed by atoms with Crippen LogP contribution in [0.25, 0.3) is 0 Å². The van der Waals surface area contributed by atoms with Crippen LogP contribution in [0.4, 0.5) is 4.39 Å². The van der Waals surface area contributed by atoms with Crippen molar-refractivity contribution in [2.24, 2.45) is 5.92 Å². The van der Waals surface area contributed by atoms with Gasteiger partial charge >= 0.3 is 0 Å². The maximum atomic E-state index is 13.1. The minimum atomic E-state index is -0.206. The van der Waals surface area contributed by atoms with Crippen LogP contribution >= 0.6 is 0 Å². The Morgan fingerprint density at radius 3 is 2.29 bits per heavy atom. The fourth-order valence-electron chi connectivity index (χ4n) is 4.69. The number of nitrogens with zero attached hydrogens (tertiary/aromatic N) is 1. The summed E-state index contributed by atoms with van der Waals surface area (Å²) in [7, 11) is 0. The molecule has 35 heavy (non-hydrogen) atoms. The van der Waals surface area contributed by atoms with E-state index in [-0.39, 0.29) is 5.82 Å². The van der Waals surface area contributed by atoms with Gasteiger partial charge in [-0.15, -0.1) is 0 Å². The van der Waals surface area contributed by atoms with Gasteiger partial charge in [0.15, 0.2) is 0 Å². The van der Waals surface area contributed by atoms with Crippen LogP contribution in [0.2, 0.25) is 0 Å². The zero-order valence-corrected chi connectivity index (χ0v) is 21.7. The van der Waals surface area contributed by atoms with Gasteiger partial charge in [0.1, 0.15) is 11.6 Å². The van der Waals surface area contributed by atoms with Crippen molar-refractivity contribution in [1.82, 2.24) is 4.90 Å². The molecular formula is C31H42FNO2. The van der Waals surface area contributed by atoms with Crippen LogP contribution in [-0.2, 0) is 11.2 Å². The summed E-state index contributed by atoms with van der Waals surface area (Å²) in [5, 5.41) is 0. The third-order valence-corrected chi connectivity index (χ3v) is 6.87. The molecular weight excluding hydrogens is 437 g/mol. The Morgan fingerprint density at radius 2 is 1.60 bits per heavy atom. The van der Waals surface area contributed by atoms with E-state index in [9.17, 15) is 4.39 Å². The number of ether oxygens (including phenoxy) is 2. The summed E-state index contributed by atoms with van der Waals surface area (Å²) in [6, 6.07) is 15.1. The van der Waals surface area contributed by atoms with E-state index in [1.54, 1.807) is 0 Å². The quantitative estimate of drug-likeness (QED) is 0.246. The predicted octanol–water partition coefficient (Wildman–Crippen LogP) is 7.54. The van der Waals surface area contributed by atoms with Crippen molar-refractivity contribution < 1.29 is 13.9 Å². The zero-order valence-electron chi connectivity index (χ0n) is 21.7. The summed E-state index contributed by atoms with van der Waals surface area (Å²) >= 11 is 0. The highest BCUT2D eigenvalue weighted by Gasteiger charge is 2.27. The van der Waals surface area contributed by atoms with E-state index in [0.29, 0.717) is 18.4 Å². The molecule has 4 heteroatoms. The third-order valence-electron chi connectivity index (χ3n) is 6.87. The number of rotatable bonds is 15. The average molecular weight is 480 g/mol. The lowest BCUT2D eigenvalue weighted by molar-refractivity contribution is 0.150. The van der Waals surface area contributed by atoms with Gasteiger partial charge in [-0.1, -0.05) is 70.0 Å². The molecule has 0 radical (unpaired) electrons. The molecule has 2 aromatic carbocycles. The van der Waals surface area contributed by atoms with E-state index in [2.05, 4.69) is 68.2 Å². The molecule has 2 atom stereocenters. The van der Waals surface area contributed by atoms with Gasteiger partial charge < -0.3 is 14.4 Å². The van der Waals surface area contributed by atoms with Crippen molar-refractivity contribution in [3.8, 4) is 5.75 Å². The lowest BCUT2D eigenvalue weighted by atomic mass is 9.79. The summed E-state index contributed by atoms with van der Waals surface area (Å²) in [6.45, 7) is 11.3. The highest BCUT2D eigenvalue weighted by Crippen LogP contribution is 2.39. The normalized spacial score (nSPS) is 17.5. The number of hydrogen-bond donors (Lipinski definition) is 0. The molecule has 190 valence electrons. The minimum Gasteiger partial charge on any atom is -0.498 e. The monoisotopic (exact) mass is 479 g/mol. The lowest BCUT2D eigenvalue weighted by Gasteiger charge is -2.30. The topological polar surface area (TPSA) is 21.7 Å². The molecule has 0 saturated heterocycles. The largest absolute Gasteiger partial charge is 0.498 e. The van der Waals surface area contributed by atoms with E-state index >= 15 is 0 Å². The minimum absolute atomic E-state index is 0.206. The Balaban J connectivity index is 1.56. The smallest absolute Gasteiger partial charge is 0.123 e. The molecule has 0 heterocycles. The first-order valence-electron chi connectivity index (χ1n) is 13.3. The van der Waals surface area contributed by atoms with Crippen LogP contribution in [0.15, 0.2) is 72.5 Å². The number of benzene rings is 2. The molecule has 0 fully saturated rings. The molecule has 3 nitrogen and oxygen atoms in total. The first-order valence-corrected chi connectivity index (χ1v) is 13.3. The van der Waals surface area contributed by atoms with Crippen LogP contribution in [0.3, 0.4) is 0 Å². The SMILES string of the molecule is CCCCC1C(OCCCN(CC)CC)=CC=CC1c1ccc(OCCc2ccc(F)cc2)cc1. The van der Waals surface area contributed by atoms with Crippen molar-refractivity contribution in [2.75, 3.05) is 32.8 Å². The molecule has 0 bridgehead atoms. The molecule has 2 aromatic rings. The molecule has 0 saturated carbocycles. The molecule has 3 rings (SSSR count). The van der Waals surface area contributed by atoms with Gasteiger partial charge in [0.05, 0.1) is 19.0 Å². The Bertz CT molecular complexity index is 916. The van der Waals surface area contributed by atoms with Gasteiger partial charge in [0.25, 0.3) is 0 Å². The fraction of sp³-hybridized carbons (Fsp3) is 0.484. The summed E-state index contributed by atoms with van der Waals surface area (Å²) < 4.78 is 25.4. The standard InChI is InChI=1S/C31H42FNO2/c1-4-7-10-30-29(11-8-12-31(30)35-23-9-22-33(5-2)6-3)26-15-19-28(20-16-26)34-24-21-25-13-17-27(32)18-14-25/h8,11-20,29-30H,4-7,9-10,21-24H2,1-3H3. The zero-order chi connectivity index (χ0) is 24.9. The molecule has 0 aliphatic heterocycles. The molecule has 0 amide bonds. The van der Waals surface area contributed by atoms with Gasteiger partial charge in [-0.3, -0.25) is 0 Å². The van der Waals surface area contributed by atoms with Crippen molar-refractivity contribution in [3.05, 3.63) is 89.5 Å². The second-order valence-electron chi connectivity index (χ2n) is 9.25. The van der Waals surface area contributed by atoms with E-state index in [1.807, 2.05) is 12.1 Å². The maximum absolute atomic E-state index is 13.1. The first-order chi connectivity index (χ1) is 17.1. The Kier molecular flexibility index (Phi) is 11.4. The number of allylic oxidation sites excluding steroid dienone is 4. The summed E-state index contributed by atoms with van der Waals surface area (Å²) in [5.74, 6) is 2.48. The van der Waals surface area contributed by atoms with E-state index < -0.39 is 0 Å². The maximum Gasteiger partial charge on any atom is 0.123 e. The van der Waals surface area contributed by atoms with E-state index in [4.69, 9.17) is 9.47 Å². The highest BCUT2D eigenvalue weighted by atomic mass is 19.1. The number of unbranched alkanes of at least 4 members (excludes halogenated alkanes) is 1. The van der Waals surface area contributed by atoms with Crippen molar-refractivity contribution in [2.45, 2.75) is 58.8 Å². The molecule has 1 aliphatic carbocycles.